The summed E-state index contributed by atoms with van der Waals surface area (Å²) in [6.07, 6.45) is 1.15. The number of thiazole rings is 1. The summed E-state index contributed by atoms with van der Waals surface area (Å²) in [6.45, 7) is 3.02. The molecule has 6 nitrogen and oxygen atoms in total. The van der Waals surface area contributed by atoms with E-state index in [9.17, 15) is 13.2 Å². The number of sulfonamides is 1. The van der Waals surface area contributed by atoms with Crippen LogP contribution in [0.2, 0.25) is 0 Å². The number of rotatable bonds is 4. The minimum absolute atomic E-state index is 0.266. The Morgan fingerprint density at radius 3 is 2.89 bits per heavy atom. The van der Waals surface area contributed by atoms with E-state index in [0.717, 1.165) is 14.7 Å². The summed E-state index contributed by atoms with van der Waals surface area (Å²) >= 11 is 6.07. The van der Waals surface area contributed by atoms with E-state index in [2.05, 4.69) is 20.9 Å². The van der Waals surface area contributed by atoms with Gasteiger partial charge in [0.15, 0.2) is 4.80 Å². The van der Waals surface area contributed by atoms with Crippen molar-refractivity contribution in [1.82, 2.24) is 8.87 Å². The van der Waals surface area contributed by atoms with E-state index in [4.69, 9.17) is 0 Å². The van der Waals surface area contributed by atoms with Crippen LogP contribution < -0.4 is 4.80 Å². The Labute approximate surface area is 179 Å². The zero-order valence-electron chi connectivity index (χ0n) is 15.0. The molecular formula is C18H18BrN3O3S3. The van der Waals surface area contributed by atoms with Gasteiger partial charge in [0.2, 0.25) is 0 Å². The summed E-state index contributed by atoms with van der Waals surface area (Å²) in [5, 5.41) is 1.73. The molecule has 1 aliphatic heterocycles. The third-order valence-corrected chi connectivity index (χ3v) is 9.53. The Balaban J connectivity index is 1.72. The first-order valence-corrected chi connectivity index (χ1v) is 12.8. The van der Waals surface area contributed by atoms with Gasteiger partial charge in [-0.3, -0.25) is 4.79 Å². The van der Waals surface area contributed by atoms with Gasteiger partial charge in [-0.2, -0.15) is 9.30 Å². The van der Waals surface area contributed by atoms with Crippen LogP contribution in [0.15, 0.2) is 49.4 Å². The lowest BCUT2D eigenvalue weighted by molar-refractivity contribution is -0.121. The van der Waals surface area contributed by atoms with Crippen LogP contribution in [-0.4, -0.2) is 35.8 Å². The number of carbonyl (C=O) groups is 1. The highest BCUT2D eigenvalue weighted by atomic mass is 79.9. The van der Waals surface area contributed by atoms with Gasteiger partial charge in [0.1, 0.15) is 10.3 Å². The summed E-state index contributed by atoms with van der Waals surface area (Å²) in [5.74, 6) is -0.398. The molecule has 1 fully saturated rings. The van der Waals surface area contributed by atoms with Crippen molar-refractivity contribution < 1.29 is 13.2 Å². The Hall–Kier alpha value is -1.33. The van der Waals surface area contributed by atoms with Crippen molar-refractivity contribution in [3.05, 3.63) is 45.0 Å². The van der Waals surface area contributed by atoms with Crippen molar-refractivity contribution in [2.75, 3.05) is 6.54 Å². The molecule has 0 aliphatic carbocycles. The maximum absolute atomic E-state index is 13.0. The Morgan fingerprint density at radius 2 is 2.18 bits per heavy atom. The fraction of sp³-hybridized carbons (Fsp3) is 0.333. The van der Waals surface area contributed by atoms with Gasteiger partial charge in [0.05, 0.1) is 10.2 Å². The van der Waals surface area contributed by atoms with Crippen LogP contribution in [0, 0.1) is 0 Å². The predicted molar refractivity (Wildman–Crippen MR) is 115 cm³/mol. The number of hydrogen-bond acceptors (Lipinski definition) is 5. The largest absolute Gasteiger partial charge is 0.317 e. The van der Waals surface area contributed by atoms with Gasteiger partial charge < -0.3 is 4.57 Å². The van der Waals surface area contributed by atoms with Crippen LogP contribution in [0.25, 0.3) is 10.2 Å². The van der Waals surface area contributed by atoms with Crippen molar-refractivity contribution in [3.8, 4) is 0 Å². The van der Waals surface area contributed by atoms with Crippen molar-refractivity contribution in [2.45, 2.75) is 36.6 Å². The minimum atomic E-state index is -3.67. The van der Waals surface area contributed by atoms with Gasteiger partial charge >= 0.3 is 0 Å². The van der Waals surface area contributed by atoms with Crippen LogP contribution in [0.5, 0.6) is 0 Å². The van der Waals surface area contributed by atoms with Gasteiger partial charge in [-0.05, 0) is 49.4 Å². The van der Waals surface area contributed by atoms with E-state index in [-0.39, 0.29) is 4.21 Å². The van der Waals surface area contributed by atoms with Crippen LogP contribution in [0.4, 0.5) is 0 Å². The zero-order valence-corrected chi connectivity index (χ0v) is 19.1. The molecule has 28 heavy (non-hydrogen) atoms. The average Bonchev–Trinajstić information content (AvgIpc) is 3.40. The smallest absolute Gasteiger partial charge is 0.266 e. The number of aryl methyl sites for hydroxylation is 1. The molecule has 10 heteroatoms. The number of nitrogens with zero attached hydrogens (tertiary/aromatic N) is 3. The molecule has 0 radical (unpaired) electrons. The summed E-state index contributed by atoms with van der Waals surface area (Å²) in [5.41, 5.74) is 1.01. The van der Waals surface area contributed by atoms with E-state index in [1.54, 1.807) is 17.5 Å². The lowest BCUT2D eigenvalue weighted by atomic mass is 10.2. The first-order chi connectivity index (χ1) is 13.4. The van der Waals surface area contributed by atoms with E-state index >= 15 is 0 Å². The molecule has 1 atom stereocenters. The quantitative estimate of drug-likeness (QED) is 0.547. The number of carbonyl (C=O) groups excluding carboxylic acids is 1. The normalized spacial score (nSPS) is 18.9. The second kappa shape index (κ2) is 7.83. The second-order valence-electron chi connectivity index (χ2n) is 6.40. The fourth-order valence-corrected chi connectivity index (χ4v) is 7.83. The number of amides is 1. The third-order valence-electron chi connectivity index (χ3n) is 4.71. The van der Waals surface area contributed by atoms with Crippen molar-refractivity contribution in [2.24, 2.45) is 4.99 Å². The SMILES string of the molecule is CCn1c(=NC(=O)C2CCCN2S(=O)(=O)c2cccs2)sc2cc(Br)ccc21. The zero-order chi connectivity index (χ0) is 19.9. The molecule has 3 heterocycles. The summed E-state index contributed by atoms with van der Waals surface area (Å²) in [7, 11) is -3.67. The maximum Gasteiger partial charge on any atom is 0.266 e. The highest BCUT2D eigenvalue weighted by Crippen LogP contribution is 2.29. The molecule has 148 valence electrons. The summed E-state index contributed by atoms with van der Waals surface area (Å²) < 4.78 is 31.3. The van der Waals surface area contributed by atoms with E-state index < -0.39 is 22.0 Å². The van der Waals surface area contributed by atoms with Crippen LogP contribution in [-0.2, 0) is 21.4 Å². The molecule has 0 N–H and O–H groups in total. The van der Waals surface area contributed by atoms with Crippen LogP contribution in [0.1, 0.15) is 19.8 Å². The predicted octanol–water partition coefficient (Wildman–Crippen LogP) is 3.83. The highest BCUT2D eigenvalue weighted by Gasteiger charge is 2.39. The van der Waals surface area contributed by atoms with Crippen LogP contribution in [0.3, 0.4) is 0 Å². The Morgan fingerprint density at radius 1 is 1.36 bits per heavy atom. The van der Waals surface area contributed by atoms with Gasteiger partial charge in [0.25, 0.3) is 15.9 Å². The average molecular weight is 500 g/mol. The van der Waals surface area contributed by atoms with Crippen molar-refractivity contribution in [1.29, 1.82) is 0 Å². The first kappa shape index (κ1) is 20.0. The molecule has 0 bridgehead atoms. The number of hydrogen-bond donors (Lipinski definition) is 0. The summed E-state index contributed by atoms with van der Waals surface area (Å²) in [4.78, 5) is 17.9. The molecule has 0 spiro atoms. The molecule has 1 aromatic carbocycles. The third kappa shape index (κ3) is 3.52. The number of aromatic nitrogens is 1. The molecule has 4 rings (SSSR count). The van der Waals surface area contributed by atoms with Crippen molar-refractivity contribution in [3.63, 3.8) is 0 Å². The number of halogens is 1. The lowest BCUT2D eigenvalue weighted by Crippen LogP contribution is -2.40. The van der Waals surface area contributed by atoms with Crippen molar-refractivity contribution >= 4 is 64.8 Å². The number of fused-ring (bicyclic) bond motifs is 1. The van der Waals surface area contributed by atoms with Crippen LogP contribution >= 0.6 is 38.6 Å². The first-order valence-electron chi connectivity index (χ1n) is 8.84. The molecule has 1 aliphatic rings. The topological polar surface area (TPSA) is 71.7 Å². The maximum atomic E-state index is 13.0. The molecule has 1 amide bonds. The lowest BCUT2D eigenvalue weighted by Gasteiger charge is -2.20. The molecular weight excluding hydrogens is 482 g/mol. The monoisotopic (exact) mass is 499 g/mol. The Kier molecular flexibility index (Phi) is 5.58. The fourth-order valence-electron chi connectivity index (χ4n) is 3.41. The minimum Gasteiger partial charge on any atom is -0.317 e. The molecule has 3 aromatic rings. The molecule has 1 unspecified atom stereocenters. The molecule has 1 saturated heterocycles. The molecule has 2 aromatic heterocycles. The standard InChI is InChI=1S/C18H18BrN3O3S3/c1-2-21-13-8-7-12(19)11-15(13)27-18(21)20-17(23)14-5-3-9-22(14)28(24,25)16-6-4-10-26-16/h4,6-8,10-11,14H,2-3,5,9H2,1H3. The number of thiophene rings is 1. The van der Waals surface area contributed by atoms with Gasteiger partial charge in [-0.15, -0.1) is 11.3 Å². The highest BCUT2D eigenvalue weighted by molar-refractivity contribution is 9.10. The van der Waals surface area contributed by atoms with E-state index in [1.165, 1.54) is 27.0 Å². The second-order valence-corrected chi connectivity index (χ2v) is 11.4. The van der Waals surface area contributed by atoms with Gasteiger partial charge in [0, 0.05) is 17.6 Å². The van der Waals surface area contributed by atoms with Gasteiger partial charge in [-0.1, -0.05) is 33.3 Å². The van der Waals surface area contributed by atoms with E-state index in [1.807, 2.05) is 29.7 Å². The number of benzene rings is 1. The van der Waals surface area contributed by atoms with E-state index in [0.29, 0.717) is 30.7 Å². The summed E-state index contributed by atoms with van der Waals surface area (Å²) in [6, 6.07) is 8.48. The van der Waals surface area contributed by atoms with Gasteiger partial charge in [-0.25, -0.2) is 8.42 Å². The Bertz CT molecular complexity index is 1200. The molecule has 0 saturated carbocycles.